The molecule has 0 bridgehead atoms. The van der Waals surface area contributed by atoms with E-state index >= 15 is 0 Å². The predicted molar refractivity (Wildman–Crippen MR) is 95.7 cm³/mol. The molecule has 2 fully saturated rings. The highest BCUT2D eigenvalue weighted by molar-refractivity contribution is 5.89. The molecule has 2 unspecified atom stereocenters. The third kappa shape index (κ3) is 3.87. The Bertz CT molecular complexity index is 609. The molecular formula is C20H28N2O3. The maximum Gasteiger partial charge on any atom is 0.227 e. The van der Waals surface area contributed by atoms with Gasteiger partial charge in [-0.05, 0) is 38.2 Å². The summed E-state index contributed by atoms with van der Waals surface area (Å²) in [6.45, 7) is 5.85. The second-order valence-electron chi connectivity index (χ2n) is 7.56. The van der Waals surface area contributed by atoms with E-state index in [9.17, 15) is 14.7 Å². The summed E-state index contributed by atoms with van der Waals surface area (Å²) in [5.41, 5.74) is 0.946. The van der Waals surface area contributed by atoms with Crippen molar-refractivity contribution >= 4 is 11.8 Å². The second kappa shape index (κ2) is 7.56. The highest BCUT2D eigenvalue weighted by Crippen LogP contribution is 2.32. The average molecular weight is 344 g/mol. The molecule has 2 amide bonds. The van der Waals surface area contributed by atoms with Crippen molar-refractivity contribution in [2.24, 2.45) is 11.8 Å². The zero-order valence-electron chi connectivity index (χ0n) is 15.1. The quantitative estimate of drug-likeness (QED) is 0.911. The fraction of sp³-hybridized carbons (Fsp3) is 0.600. The number of piperidine rings is 1. The van der Waals surface area contributed by atoms with Crippen LogP contribution in [0.5, 0.6) is 0 Å². The van der Waals surface area contributed by atoms with E-state index in [0.717, 1.165) is 18.4 Å². The third-order valence-corrected chi connectivity index (χ3v) is 5.57. The van der Waals surface area contributed by atoms with Crippen LogP contribution in [-0.4, -0.2) is 52.4 Å². The minimum Gasteiger partial charge on any atom is -0.388 e. The zero-order chi connectivity index (χ0) is 18.0. The van der Waals surface area contributed by atoms with E-state index in [0.29, 0.717) is 26.1 Å². The van der Waals surface area contributed by atoms with Crippen LogP contribution in [0.1, 0.15) is 44.8 Å². The summed E-state index contributed by atoms with van der Waals surface area (Å²) in [6, 6.07) is 9.88. The summed E-state index contributed by atoms with van der Waals surface area (Å²) in [6.07, 6.45) is 1.47. The number of amides is 2. The van der Waals surface area contributed by atoms with Crippen LogP contribution in [0.25, 0.3) is 0 Å². The van der Waals surface area contributed by atoms with Gasteiger partial charge in [-0.3, -0.25) is 9.59 Å². The molecule has 2 aliphatic rings. The number of hydrogen-bond donors (Lipinski definition) is 1. The maximum atomic E-state index is 12.7. The van der Waals surface area contributed by atoms with Gasteiger partial charge in [0.15, 0.2) is 0 Å². The lowest BCUT2D eigenvalue weighted by atomic mass is 9.87. The van der Waals surface area contributed by atoms with E-state index < -0.39 is 6.10 Å². The van der Waals surface area contributed by atoms with Gasteiger partial charge in [-0.2, -0.15) is 0 Å². The van der Waals surface area contributed by atoms with E-state index in [1.54, 1.807) is 4.90 Å². The van der Waals surface area contributed by atoms with Crippen molar-refractivity contribution in [3.63, 3.8) is 0 Å². The lowest BCUT2D eigenvalue weighted by Crippen LogP contribution is -2.43. The number of benzene rings is 1. The van der Waals surface area contributed by atoms with Crippen molar-refractivity contribution in [1.29, 1.82) is 0 Å². The van der Waals surface area contributed by atoms with E-state index in [1.807, 2.05) is 49.1 Å². The van der Waals surface area contributed by atoms with Crippen LogP contribution < -0.4 is 0 Å². The molecule has 0 radical (unpaired) electrons. The first-order chi connectivity index (χ1) is 12.0. The number of carbonyl (C=O) groups excluding carboxylic acids is 2. The Hall–Kier alpha value is -1.88. The minimum absolute atomic E-state index is 0.0859. The van der Waals surface area contributed by atoms with Crippen LogP contribution in [0.15, 0.2) is 30.3 Å². The van der Waals surface area contributed by atoms with Gasteiger partial charge in [-0.25, -0.2) is 0 Å². The summed E-state index contributed by atoms with van der Waals surface area (Å²) in [4.78, 5) is 28.5. The van der Waals surface area contributed by atoms with E-state index in [4.69, 9.17) is 0 Å². The molecule has 1 aromatic carbocycles. The number of rotatable bonds is 4. The van der Waals surface area contributed by atoms with Gasteiger partial charge in [0.1, 0.15) is 0 Å². The molecule has 3 rings (SSSR count). The fourth-order valence-corrected chi connectivity index (χ4v) is 4.01. The molecule has 0 aromatic heterocycles. The topological polar surface area (TPSA) is 60.9 Å². The summed E-state index contributed by atoms with van der Waals surface area (Å²) in [7, 11) is 0. The van der Waals surface area contributed by atoms with Crippen molar-refractivity contribution in [3.05, 3.63) is 35.9 Å². The monoisotopic (exact) mass is 344 g/mol. The SMILES string of the molecule is CC(C)N1CC(C(=O)N2CCC(C(O)c3ccccc3)CC2)CC1=O. The van der Waals surface area contributed by atoms with Gasteiger partial charge in [-0.15, -0.1) is 0 Å². The standard InChI is InChI=1S/C20H28N2O3/c1-14(2)22-13-17(12-18(22)23)20(25)21-10-8-16(9-11-21)19(24)15-6-4-3-5-7-15/h3-7,14,16-17,19,24H,8-13H2,1-2H3. The highest BCUT2D eigenvalue weighted by Gasteiger charge is 2.38. The number of likely N-dealkylation sites (tertiary alicyclic amines) is 2. The van der Waals surface area contributed by atoms with Crippen molar-refractivity contribution in [1.82, 2.24) is 9.80 Å². The zero-order valence-corrected chi connectivity index (χ0v) is 15.1. The molecule has 5 heteroatoms. The van der Waals surface area contributed by atoms with Gasteiger partial charge >= 0.3 is 0 Å². The van der Waals surface area contributed by atoms with Crippen LogP contribution in [0.2, 0.25) is 0 Å². The van der Waals surface area contributed by atoms with Crippen LogP contribution in [0, 0.1) is 11.8 Å². The molecule has 25 heavy (non-hydrogen) atoms. The third-order valence-electron chi connectivity index (χ3n) is 5.57. The molecular weight excluding hydrogens is 316 g/mol. The Balaban J connectivity index is 1.54. The fourth-order valence-electron chi connectivity index (χ4n) is 4.01. The Morgan fingerprint density at radius 1 is 1.16 bits per heavy atom. The van der Waals surface area contributed by atoms with Gasteiger partial charge in [0.2, 0.25) is 11.8 Å². The van der Waals surface area contributed by atoms with Gasteiger partial charge < -0.3 is 14.9 Å². The first-order valence-electron chi connectivity index (χ1n) is 9.28. The maximum absolute atomic E-state index is 12.7. The Labute approximate surface area is 149 Å². The van der Waals surface area contributed by atoms with Crippen molar-refractivity contribution in [2.45, 2.75) is 45.3 Å². The minimum atomic E-state index is -0.469. The number of aliphatic hydroxyl groups excluding tert-OH is 1. The summed E-state index contributed by atoms with van der Waals surface area (Å²) in [5.74, 6) is 0.168. The van der Waals surface area contributed by atoms with E-state index in [-0.39, 0.29) is 29.7 Å². The first kappa shape index (κ1) is 17.9. The molecule has 0 spiro atoms. The molecule has 2 atom stereocenters. The van der Waals surface area contributed by atoms with Gasteiger partial charge in [0.25, 0.3) is 0 Å². The lowest BCUT2D eigenvalue weighted by molar-refractivity contribution is -0.137. The molecule has 1 aromatic rings. The van der Waals surface area contributed by atoms with E-state index in [1.165, 1.54) is 0 Å². The Morgan fingerprint density at radius 3 is 2.36 bits per heavy atom. The molecule has 2 aliphatic heterocycles. The first-order valence-corrected chi connectivity index (χ1v) is 9.28. The molecule has 2 saturated heterocycles. The van der Waals surface area contributed by atoms with Gasteiger partial charge in [-0.1, -0.05) is 30.3 Å². The Kier molecular flexibility index (Phi) is 5.42. The van der Waals surface area contributed by atoms with Crippen molar-refractivity contribution in [3.8, 4) is 0 Å². The second-order valence-corrected chi connectivity index (χ2v) is 7.56. The Morgan fingerprint density at radius 2 is 1.80 bits per heavy atom. The molecule has 136 valence electrons. The van der Waals surface area contributed by atoms with Gasteiger partial charge in [0, 0.05) is 32.1 Å². The van der Waals surface area contributed by atoms with Crippen LogP contribution >= 0.6 is 0 Å². The number of nitrogens with zero attached hydrogens (tertiary/aromatic N) is 2. The predicted octanol–water partition coefficient (Wildman–Crippen LogP) is 2.22. The normalized spacial score (nSPS) is 23.4. The summed E-state index contributed by atoms with van der Waals surface area (Å²) in [5, 5.41) is 10.6. The highest BCUT2D eigenvalue weighted by atomic mass is 16.3. The molecule has 1 N–H and O–H groups in total. The summed E-state index contributed by atoms with van der Waals surface area (Å²) < 4.78 is 0. The molecule has 0 aliphatic carbocycles. The average Bonchev–Trinajstić information content (AvgIpc) is 3.03. The lowest BCUT2D eigenvalue weighted by Gasteiger charge is -2.35. The van der Waals surface area contributed by atoms with Gasteiger partial charge in [0.05, 0.1) is 12.0 Å². The van der Waals surface area contributed by atoms with Crippen LogP contribution in [-0.2, 0) is 9.59 Å². The van der Waals surface area contributed by atoms with Crippen molar-refractivity contribution in [2.75, 3.05) is 19.6 Å². The smallest absolute Gasteiger partial charge is 0.227 e. The van der Waals surface area contributed by atoms with Crippen molar-refractivity contribution < 1.29 is 14.7 Å². The molecule has 5 nitrogen and oxygen atoms in total. The van der Waals surface area contributed by atoms with Crippen LogP contribution in [0.3, 0.4) is 0 Å². The summed E-state index contributed by atoms with van der Waals surface area (Å²) >= 11 is 0. The van der Waals surface area contributed by atoms with Crippen LogP contribution in [0.4, 0.5) is 0 Å². The number of carbonyl (C=O) groups is 2. The number of hydrogen-bond acceptors (Lipinski definition) is 3. The molecule has 2 heterocycles. The number of aliphatic hydroxyl groups is 1. The molecule has 0 saturated carbocycles. The van der Waals surface area contributed by atoms with E-state index in [2.05, 4.69) is 0 Å². The largest absolute Gasteiger partial charge is 0.388 e.